The molecule has 0 aromatic heterocycles. The van der Waals surface area contributed by atoms with E-state index in [-0.39, 0.29) is 11.1 Å². The first-order valence-corrected chi connectivity index (χ1v) is 6.25. The summed E-state index contributed by atoms with van der Waals surface area (Å²) in [6.45, 7) is 1.41. The van der Waals surface area contributed by atoms with Crippen LogP contribution >= 0.6 is 10.7 Å². The Morgan fingerprint density at radius 3 is 2.40 bits per heavy atom. The molecule has 6 heteroatoms. The Kier molecular flexibility index (Phi) is 3.46. The summed E-state index contributed by atoms with van der Waals surface area (Å²) in [5.41, 5.74) is -0.0132. The fraction of sp³-hybridized carbons (Fsp3) is 0.111. The summed E-state index contributed by atoms with van der Waals surface area (Å²) >= 11 is 0. The van der Waals surface area contributed by atoms with Gasteiger partial charge >= 0.3 is 0 Å². The number of rotatable bonds is 2. The van der Waals surface area contributed by atoms with Gasteiger partial charge in [0.15, 0.2) is 0 Å². The van der Waals surface area contributed by atoms with E-state index in [1.165, 1.54) is 6.92 Å². The summed E-state index contributed by atoms with van der Waals surface area (Å²) in [4.78, 5) is 0. The molecule has 15 heavy (non-hydrogen) atoms. The molecule has 0 saturated carbocycles. The fourth-order valence-electron chi connectivity index (χ4n) is 0.944. The third kappa shape index (κ3) is 3.60. The van der Waals surface area contributed by atoms with Gasteiger partial charge in [-0.1, -0.05) is 0 Å². The highest BCUT2D eigenvalue weighted by Gasteiger charge is 2.05. The van der Waals surface area contributed by atoms with Gasteiger partial charge in [-0.2, -0.15) is 0 Å². The van der Waals surface area contributed by atoms with Crippen LogP contribution in [0.5, 0.6) is 0 Å². The lowest BCUT2D eigenvalue weighted by Crippen LogP contribution is -1.90. The molecule has 0 aliphatic rings. The second-order valence-electron chi connectivity index (χ2n) is 2.90. The topological polar surface area (TPSA) is 34.1 Å². The van der Waals surface area contributed by atoms with Crippen molar-refractivity contribution in [3.05, 3.63) is 40.3 Å². The van der Waals surface area contributed by atoms with E-state index in [0.29, 0.717) is 5.41 Å². The molecule has 1 rings (SSSR count). The van der Waals surface area contributed by atoms with Crippen LogP contribution in [0.4, 0.5) is 8.78 Å². The maximum Gasteiger partial charge on any atom is 0.254 e. The lowest BCUT2D eigenvalue weighted by molar-refractivity contribution is 0.590. The molecule has 0 aliphatic heterocycles. The van der Waals surface area contributed by atoms with Crippen LogP contribution in [-0.4, -0.2) is 8.42 Å². The number of halogens is 3. The first kappa shape index (κ1) is 12.1. The van der Waals surface area contributed by atoms with Gasteiger partial charge in [0.25, 0.3) is 9.05 Å². The van der Waals surface area contributed by atoms with E-state index in [1.807, 2.05) is 0 Å². The summed E-state index contributed by atoms with van der Waals surface area (Å²) in [5.74, 6) is -1.31. The molecular formula is C9H7ClF2O2S. The molecule has 2 nitrogen and oxygen atoms in total. The summed E-state index contributed by atoms with van der Waals surface area (Å²) in [6, 6.07) is 1.89. The van der Waals surface area contributed by atoms with Crippen LogP contribution in [0.3, 0.4) is 0 Å². The quantitative estimate of drug-likeness (QED) is 0.759. The largest absolute Gasteiger partial charge is 0.254 e. The molecule has 0 bridgehead atoms. The SMILES string of the molecule is Cc1cc(F)c(/C=C/S(=O)(=O)Cl)cc1F. The molecule has 0 saturated heterocycles. The van der Waals surface area contributed by atoms with Crippen molar-refractivity contribution in [3.8, 4) is 0 Å². The number of benzene rings is 1. The molecule has 0 aliphatic carbocycles. The lowest BCUT2D eigenvalue weighted by atomic mass is 10.1. The predicted octanol–water partition coefficient (Wildman–Crippen LogP) is 2.81. The number of aryl methyl sites for hydroxylation is 1. The van der Waals surface area contributed by atoms with Crippen LogP contribution in [0, 0.1) is 18.6 Å². The minimum absolute atomic E-state index is 0.151. The van der Waals surface area contributed by atoms with Crippen molar-refractivity contribution >= 4 is 25.8 Å². The van der Waals surface area contributed by atoms with Crippen molar-refractivity contribution in [3.63, 3.8) is 0 Å². The second-order valence-corrected chi connectivity index (χ2v) is 5.41. The van der Waals surface area contributed by atoms with E-state index in [0.717, 1.165) is 18.2 Å². The summed E-state index contributed by atoms with van der Waals surface area (Å²) in [7, 11) is 1.02. The second kappa shape index (κ2) is 4.28. The van der Waals surface area contributed by atoms with Gasteiger partial charge in [0.1, 0.15) is 11.6 Å². The molecule has 0 unspecified atom stereocenters. The van der Waals surface area contributed by atoms with Gasteiger partial charge < -0.3 is 0 Å². The van der Waals surface area contributed by atoms with E-state index in [1.54, 1.807) is 0 Å². The highest BCUT2D eigenvalue weighted by atomic mass is 35.7. The Morgan fingerprint density at radius 2 is 1.87 bits per heavy atom. The molecule has 1 aromatic carbocycles. The van der Waals surface area contributed by atoms with Gasteiger partial charge in [-0.15, -0.1) is 0 Å². The van der Waals surface area contributed by atoms with Gasteiger partial charge in [0.05, 0.1) is 0 Å². The van der Waals surface area contributed by atoms with Crippen LogP contribution < -0.4 is 0 Å². The molecule has 0 fully saturated rings. The van der Waals surface area contributed by atoms with E-state index in [4.69, 9.17) is 10.7 Å². The van der Waals surface area contributed by atoms with Crippen molar-refractivity contribution in [2.45, 2.75) is 6.92 Å². The van der Waals surface area contributed by atoms with E-state index >= 15 is 0 Å². The number of hydrogen-bond acceptors (Lipinski definition) is 2. The van der Waals surface area contributed by atoms with Crippen LogP contribution in [0.25, 0.3) is 6.08 Å². The Labute approximate surface area is 90.6 Å². The zero-order valence-corrected chi connectivity index (χ0v) is 9.24. The molecule has 0 N–H and O–H groups in total. The minimum Gasteiger partial charge on any atom is -0.208 e. The van der Waals surface area contributed by atoms with Gasteiger partial charge in [-0.3, -0.25) is 0 Å². The van der Waals surface area contributed by atoms with Crippen molar-refractivity contribution < 1.29 is 17.2 Å². The standard InChI is InChI=1S/C9H7ClF2O2S/c1-6-4-9(12)7(5-8(6)11)2-3-15(10,13)14/h2-5H,1H3/b3-2+. The normalized spacial score (nSPS) is 12.3. The highest BCUT2D eigenvalue weighted by molar-refractivity contribution is 8.16. The Morgan fingerprint density at radius 1 is 1.27 bits per heavy atom. The molecule has 0 heterocycles. The monoisotopic (exact) mass is 252 g/mol. The van der Waals surface area contributed by atoms with Crippen molar-refractivity contribution in [2.24, 2.45) is 0 Å². The highest BCUT2D eigenvalue weighted by Crippen LogP contribution is 2.16. The zero-order chi connectivity index (χ0) is 11.6. The van der Waals surface area contributed by atoms with E-state index in [9.17, 15) is 17.2 Å². The van der Waals surface area contributed by atoms with E-state index in [2.05, 4.69) is 0 Å². The van der Waals surface area contributed by atoms with E-state index < -0.39 is 20.7 Å². The summed E-state index contributed by atoms with van der Waals surface area (Å²) in [6.07, 6.45) is 0.903. The first-order valence-electron chi connectivity index (χ1n) is 3.88. The Hall–Kier alpha value is -0.940. The van der Waals surface area contributed by atoms with Gasteiger partial charge in [-0.05, 0) is 30.7 Å². The molecule has 0 spiro atoms. The van der Waals surface area contributed by atoms with Crippen LogP contribution in [0.2, 0.25) is 0 Å². The smallest absolute Gasteiger partial charge is 0.208 e. The lowest BCUT2D eigenvalue weighted by Gasteiger charge is -2.00. The van der Waals surface area contributed by atoms with Gasteiger partial charge in [-0.25, -0.2) is 17.2 Å². The Bertz CT molecular complexity index is 509. The molecule has 0 radical (unpaired) electrons. The summed E-state index contributed by atoms with van der Waals surface area (Å²) in [5, 5.41) is 0.599. The van der Waals surface area contributed by atoms with Crippen molar-refractivity contribution in [1.29, 1.82) is 0 Å². The predicted molar refractivity (Wildman–Crippen MR) is 54.9 cm³/mol. The number of hydrogen-bond donors (Lipinski definition) is 0. The zero-order valence-electron chi connectivity index (χ0n) is 7.67. The molecule has 0 atom stereocenters. The van der Waals surface area contributed by atoms with Crippen LogP contribution in [-0.2, 0) is 9.05 Å². The third-order valence-corrected chi connectivity index (χ3v) is 2.46. The molecule has 0 amide bonds. The van der Waals surface area contributed by atoms with Crippen LogP contribution in [0.15, 0.2) is 17.5 Å². The maximum absolute atomic E-state index is 13.1. The fourth-order valence-corrected chi connectivity index (χ4v) is 1.41. The molecule has 82 valence electrons. The average Bonchev–Trinajstić information content (AvgIpc) is 2.07. The first-order chi connectivity index (χ1) is 6.79. The van der Waals surface area contributed by atoms with Crippen molar-refractivity contribution in [2.75, 3.05) is 0 Å². The molecular weight excluding hydrogens is 246 g/mol. The third-order valence-electron chi connectivity index (χ3n) is 1.69. The van der Waals surface area contributed by atoms with Crippen LogP contribution in [0.1, 0.15) is 11.1 Å². The maximum atomic E-state index is 13.1. The van der Waals surface area contributed by atoms with Gasteiger partial charge in [0.2, 0.25) is 0 Å². The average molecular weight is 253 g/mol. The summed E-state index contributed by atoms with van der Waals surface area (Å²) < 4.78 is 47.2. The minimum atomic E-state index is -3.86. The van der Waals surface area contributed by atoms with Crippen molar-refractivity contribution in [1.82, 2.24) is 0 Å². The molecule has 1 aromatic rings. The Balaban J connectivity index is 3.17. The van der Waals surface area contributed by atoms with Gasteiger partial charge in [0, 0.05) is 21.7 Å².